The molecule has 0 heterocycles. The summed E-state index contributed by atoms with van der Waals surface area (Å²) in [5.41, 5.74) is 31.9. The summed E-state index contributed by atoms with van der Waals surface area (Å²) in [5.74, 6) is -2.10. The van der Waals surface area contributed by atoms with Crippen LogP contribution in [0.5, 0.6) is 0 Å². The smallest absolute Gasteiger partial charge is 0.314 e. The lowest BCUT2D eigenvalue weighted by Gasteiger charge is -2.33. The summed E-state index contributed by atoms with van der Waals surface area (Å²) in [6.45, 7) is -0.754. The molecule has 0 fully saturated rings. The molecule has 0 atom stereocenters. The molecule has 0 bridgehead atoms. The summed E-state index contributed by atoms with van der Waals surface area (Å²) in [6, 6.07) is 0. The molecule has 0 aromatic rings. The molecule has 0 N–H and O–H groups in total. The van der Waals surface area contributed by atoms with Crippen molar-refractivity contribution >= 4 is 11.9 Å². The van der Waals surface area contributed by atoms with Crippen LogP contribution in [0.1, 0.15) is 6.92 Å². The van der Waals surface area contributed by atoms with Crippen molar-refractivity contribution in [2.24, 2.45) is 25.9 Å². The van der Waals surface area contributed by atoms with Crippen LogP contribution in [0.4, 0.5) is 0 Å². The van der Waals surface area contributed by atoms with E-state index in [1.54, 1.807) is 0 Å². The van der Waals surface area contributed by atoms with Gasteiger partial charge in [0, 0.05) is 32.7 Å². The van der Waals surface area contributed by atoms with Crippen molar-refractivity contribution < 1.29 is 19.1 Å². The predicted octanol–water partition coefficient (Wildman–Crippen LogP) is 2.65. The molecule has 0 saturated heterocycles. The Kier molecular flexibility index (Phi) is 9.92. The van der Waals surface area contributed by atoms with Crippen LogP contribution in [0.2, 0.25) is 0 Å². The zero-order chi connectivity index (χ0) is 19.1. The van der Waals surface area contributed by atoms with E-state index in [1.165, 1.54) is 6.92 Å². The third-order valence-electron chi connectivity index (χ3n) is 2.56. The minimum absolute atomic E-state index is 0.364. The fourth-order valence-corrected chi connectivity index (χ4v) is 1.39. The molecule has 0 amide bonds. The molecule has 0 rings (SSSR count). The van der Waals surface area contributed by atoms with Gasteiger partial charge in [-0.1, -0.05) is 27.4 Å². The van der Waals surface area contributed by atoms with Gasteiger partial charge in [0.1, 0.15) is 13.1 Å². The third-order valence-corrected chi connectivity index (χ3v) is 2.56. The molecule has 0 aliphatic heterocycles. The first-order valence-electron chi connectivity index (χ1n) is 6.36. The molecule has 0 saturated carbocycles. The summed E-state index contributed by atoms with van der Waals surface area (Å²) >= 11 is 0. The number of azide groups is 4. The van der Waals surface area contributed by atoms with Gasteiger partial charge in [-0.05, 0) is 22.1 Å². The lowest BCUT2D eigenvalue weighted by molar-refractivity contribution is -0.207. The summed E-state index contributed by atoms with van der Waals surface area (Å²) in [5, 5.41) is 12.6. The van der Waals surface area contributed by atoms with Crippen LogP contribution < -0.4 is 0 Å². The highest BCUT2D eigenvalue weighted by Crippen LogP contribution is 2.27. The number of ether oxygens (including phenoxy) is 2. The van der Waals surface area contributed by atoms with E-state index in [2.05, 4.69) is 40.1 Å². The van der Waals surface area contributed by atoms with Gasteiger partial charge >= 0.3 is 11.9 Å². The highest BCUT2D eigenvalue weighted by molar-refractivity contribution is 5.74. The van der Waals surface area contributed by atoms with Crippen LogP contribution in [0.3, 0.4) is 0 Å². The van der Waals surface area contributed by atoms with Gasteiger partial charge in [0.2, 0.25) is 0 Å². The number of carbonyl (C=O) groups excluding carboxylic acids is 2. The van der Waals surface area contributed by atoms with Gasteiger partial charge in [-0.3, -0.25) is 9.59 Å². The molecule has 0 unspecified atom stereocenters. The Hall–Kier alpha value is -3.82. The molecular formula is C9H12N12O4. The summed E-state index contributed by atoms with van der Waals surface area (Å²) in [6.07, 6.45) is -1.66. The Morgan fingerprint density at radius 3 is 1.52 bits per heavy atom. The van der Waals surface area contributed by atoms with Crippen LogP contribution in [0, 0.1) is 5.41 Å². The van der Waals surface area contributed by atoms with E-state index >= 15 is 0 Å². The van der Waals surface area contributed by atoms with Gasteiger partial charge in [0.05, 0.1) is 5.41 Å². The Morgan fingerprint density at radius 1 is 0.840 bits per heavy atom. The monoisotopic (exact) mass is 352 g/mol. The first kappa shape index (κ1) is 21.2. The molecule has 0 aromatic carbocycles. The van der Waals surface area contributed by atoms with Crippen molar-refractivity contribution in [1.29, 1.82) is 0 Å². The van der Waals surface area contributed by atoms with Gasteiger partial charge < -0.3 is 9.47 Å². The SMILES string of the molecule is CC(CN=[N+]=[N-])(CN=[N+]=[N-])C(OC(=O)CN=[N+]=[N-])OC(=O)CN=[N+]=[N-]. The van der Waals surface area contributed by atoms with Crippen molar-refractivity contribution in [1.82, 2.24) is 0 Å². The normalized spacial score (nSPS) is 12.5. The van der Waals surface area contributed by atoms with E-state index in [9.17, 15) is 9.59 Å². The van der Waals surface area contributed by atoms with E-state index in [-0.39, 0.29) is 13.1 Å². The van der Waals surface area contributed by atoms with Crippen molar-refractivity contribution in [2.45, 2.75) is 13.2 Å². The highest BCUT2D eigenvalue weighted by Gasteiger charge is 2.39. The lowest BCUT2D eigenvalue weighted by Crippen LogP contribution is -2.44. The molecule has 132 valence electrons. The van der Waals surface area contributed by atoms with Crippen LogP contribution >= 0.6 is 0 Å². The number of carbonyl (C=O) groups is 2. The predicted molar refractivity (Wildman–Crippen MR) is 80.1 cm³/mol. The summed E-state index contributed by atoms with van der Waals surface area (Å²) < 4.78 is 9.83. The Labute approximate surface area is 139 Å². The standard InChI is InChI=1S/C9H12N12O4/c1-9(4-16-20-12,5-17-21-13)8(24-6(22)2-14-18-10)25-7(23)3-15-19-11/h8H,2-5H2,1H3. The van der Waals surface area contributed by atoms with Crippen LogP contribution in [0.25, 0.3) is 41.8 Å². The Bertz CT molecular complexity index is 627. The van der Waals surface area contributed by atoms with E-state index in [0.29, 0.717) is 0 Å². The average Bonchev–Trinajstić information content (AvgIpc) is 2.60. The Morgan fingerprint density at radius 2 is 1.20 bits per heavy atom. The molecule has 0 spiro atoms. The van der Waals surface area contributed by atoms with Gasteiger partial charge in [0.15, 0.2) is 0 Å². The number of hydrogen-bond acceptors (Lipinski definition) is 8. The van der Waals surface area contributed by atoms with Crippen molar-refractivity contribution in [3.8, 4) is 0 Å². The highest BCUT2D eigenvalue weighted by atomic mass is 16.7. The maximum absolute atomic E-state index is 11.6. The van der Waals surface area contributed by atoms with Crippen LogP contribution in [0.15, 0.2) is 20.5 Å². The zero-order valence-electron chi connectivity index (χ0n) is 12.9. The van der Waals surface area contributed by atoms with Gasteiger partial charge in [0.25, 0.3) is 6.29 Å². The number of rotatable bonds is 11. The second-order valence-electron chi connectivity index (χ2n) is 4.52. The number of hydrogen-bond donors (Lipinski definition) is 0. The van der Waals surface area contributed by atoms with E-state index in [4.69, 9.17) is 31.6 Å². The van der Waals surface area contributed by atoms with Crippen molar-refractivity contribution in [3.63, 3.8) is 0 Å². The van der Waals surface area contributed by atoms with Crippen molar-refractivity contribution in [3.05, 3.63) is 41.8 Å². The van der Waals surface area contributed by atoms with Crippen molar-refractivity contribution in [2.75, 3.05) is 26.2 Å². The minimum Gasteiger partial charge on any atom is -0.424 e. The van der Waals surface area contributed by atoms with E-state index in [0.717, 1.165) is 0 Å². The molecule has 25 heavy (non-hydrogen) atoms. The first-order valence-corrected chi connectivity index (χ1v) is 6.36. The summed E-state index contributed by atoms with van der Waals surface area (Å²) in [4.78, 5) is 33.1. The van der Waals surface area contributed by atoms with E-state index < -0.39 is 36.7 Å². The fraction of sp³-hybridized carbons (Fsp3) is 0.778. The summed E-state index contributed by atoms with van der Waals surface area (Å²) in [7, 11) is 0. The zero-order valence-corrected chi connectivity index (χ0v) is 12.9. The fourth-order valence-electron chi connectivity index (χ4n) is 1.39. The third kappa shape index (κ3) is 8.40. The average molecular weight is 352 g/mol. The Balaban J connectivity index is 5.56. The lowest BCUT2D eigenvalue weighted by atomic mass is 9.90. The van der Waals surface area contributed by atoms with Gasteiger partial charge in [-0.2, -0.15) is 0 Å². The molecule has 16 nitrogen and oxygen atoms in total. The van der Waals surface area contributed by atoms with Gasteiger partial charge in [-0.25, -0.2) is 0 Å². The van der Waals surface area contributed by atoms with Gasteiger partial charge in [-0.15, -0.1) is 0 Å². The molecule has 0 aliphatic carbocycles. The molecule has 0 aromatic heterocycles. The topological polar surface area (TPSA) is 248 Å². The first-order chi connectivity index (χ1) is 11.9. The minimum atomic E-state index is -1.66. The number of esters is 2. The second kappa shape index (κ2) is 11.7. The van der Waals surface area contributed by atoms with Crippen LogP contribution in [-0.4, -0.2) is 44.4 Å². The van der Waals surface area contributed by atoms with Crippen LogP contribution in [-0.2, 0) is 19.1 Å². The molecular weight excluding hydrogens is 340 g/mol. The van der Waals surface area contributed by atoms with E-state index in [1.807, 2.05) is 0 Å². The number of nitrogens with zero attached hydrogens (tertiary/aromatic N) is 12. The maximum atomic E-state index is 11.6. The quantitative estimate of drug-likeness (QED) is 0.178. The molecule has 0 aliphatic rings. The maximum Gasteiger partial charge on any atom is 0.314 e. The second-order valence-corrected chi connectivity index (χ2v) is 4.52. The molecule has 16 heteroatoms. The molecule has 0 radical (unpaired) electrons. The largest absolute Gasteiger partial charge is 0.424 e.